The van der Waals surface area contributed by atoms with E-state index in [9.17, 15) is 9.59 Å². The van der Waals surface area contributed by atoms with Crippen LogP contribution in [0.2, 0.25) is 0 Å². The first kappa shape index (κ1) is 24.1. The van der Waals surface area contributed by atoms with Crippen LogP contribution in [-0.2, 0) is 22.6 Å². The number of amides is 2. The minimum absolute atomic E-state index is 0.0728. The van der Waals surface area contributed by atoms with E-state index in [0.29, 0.717) is 38.3 Å². The van der Waals surface area contributed by atoms with Crippen molar-refractivity contribution in [1.82, 2.24) is 10.2 Å². The normalized spacial score (nSPS) is 13.9. The fourth-order valence-electron chi connectivity index (χ4n) is 3.53. The molecule has 0 fully saturated rings. The van der Waals surface area contributed by atoms with E-state index < -0.39 is 6.04 Å². The molecule has 0 radical (unpaired) electrons. The van der Waals surface area contributed by atoms with Crippen molar-refractivity contribution < 1.29 is 19.1 Å². The Balaban J connectivity index is 1.73. The Kier molecular flexibility index (Phi) is 7.82. The molecule has 0 unspecified atom stereocenters. The van der Waals surface area contributed by atoms with E-state index in [1.54, 1.807) is 11.8 Å². The van der Waals surface area contributed by atoms with Crippen LogP contribution in [0.15, 0.2) is 46.9 Å². The van der Waals surface area contributed by atoms with Gasteiger partial charge in [-0.2, -0.15) is 0 Å². The van der Waals surface area contributed by atoms with Crippen molar-refractivity contribution in [2.45, 2.75) is 58.7 Å². The average molecular weight is 503 g/mol. The molecular formula is C25H31BrN2O4. The van der Waals surface area contributed by atoms with Crippen molar-refractivity contribution in [3.05, 3.63) is 58.1 Å². The second-order valence-corrected chi connectivity index (χ2v) is 9.96. The van der Waals surface area contributed by atoms with E-state index >= 15 is 0 Å². The first-order valence-corrected chi connectivity index (χ1v) is 11.7. The summed E-state index contributed by atoms with van der Waals surface area (Å²) >= 11 is 3.48. The minimum Gasteiger partial charge on any atom is -0.486 e. The van der Waals surface area contributed by atoms with Crippen molar-refractivity contribution >= 4 is 27.7 Å². The number of rotatable bonds is 7. The summed E-state index contributed by atoms with van der Waals surface area (Å²) in [6.45, 7) is 9.00. The molecule has 0 spiro atoms. The van der Waals surface area contributed by atoms with Crippen molar-refractivity contribution in [2.75, 3.05) is 13.2 Å². The highest BCUT2D eigenvalue weighted by Crippen LogP contribution is 2.31. The number of hydrogen-bond acceptors (Lipinski definition) is 4. The number of hydrogen-bond donors (Lipinski definition) is 1. The van der Waals surface area contributed by atoms with Gasteiger partial charge in [0, 0.05) is 23.0 Å². The number of carbonyl (C=O) groups excluding carboxylic acids is 2. The third kappa shape index (κ3) is 6.73. The van der Waals surface area contributed by atoms with Gasteiger partial charge in [-0.05, 0) is 69.5 Å². The van der Waals surface area contributed by atoms with Crippen LogP contribution >= 0.6 is 15.9 Å². The lowest BCUT2D eigenvalue weighted by Crippen LogP contribution is -2.52. The van der Waals surface area contributed by atoms with Gasteiger partial charge in [-0.25, -0.2) is 0 Å². The molecule has 1 N–H and O–H groups in total. The number of nitrogens with zero attached hydrogens (tertiary/aromatic N) is 1. The number of carbonyl (C=O) groups is 2. The molecule has 7 heteroatoms. The maximum Gasteiger partial charge on any atom is 0.242 e. The molecule has 1 aliphatic heterocycles. The predicted octanol–water partition coefficient (Wildman–Crippen LogP) is 4.48. The molecule has 1 heterocycles. The van der Waals surface area contributed by atoms with Gasteiger partial charge in [0.15, 0.2) is 11.5 Å². The van der Waals surface area contributed by atoms with Crippen LogP contribution in [0.4, 0.5) is 0 Å². The highest BCUT2D eigenvalue weighted by atomic mass is 79.9. The van der Waals surface area contributed by atoms with E-state index in [2.05, 4.69) is 21.2 Å². The van der Waals surface area contributed by atoms with Gasteiger partial charge < -0.3 is 19.7 Å². The van der Waals surface area contributed by atoms with E-state index in [-0.39, 0.29) is 17.4 Å². The van der Waals surface area contributed by atoms with Crippen LogP contribution in [0.3, 0.4) is 0 Å². The summed E-state index contributed by atoms with van der Waals surface area (Å²) in [5.74, 6) is 1.21. The Morgan fingerprint density at radius 3 is 2.47 bits per heavy atom. The monoisotopic (exact) mass is 502 g/mol. The summed E-state index contributed by atoms with van der Waals surface area (Å²) in [5, 5.41) is 2.99. The number of nitrogens with one attached hydrogen (secondary N) is 1. The second-order valence-electron chi connectivity index (χ2n) is 9.04. The molecule has 0 saturated carbocycles. The molecule has 1 atom stereocenters. The molecule has 0 aromatic heterocycles. The number of benzene rings is 2. The summed E-state index contributed by atoms with van der Waals surface area (Å²) in [7, 11) is 0. The van der Waals surface area contributed by atoms with Gasteiger partial charge in [0.1, 0.15) is 19.3 Å². The Labute approximate surface area is 198 Å². The Bertz CT molecular complexity index is 971. The van der Waals surface area contributed by atoms with Crippen LogP contribution in [0, 0.1) is 0 Å². The Morgan fingerprint density at radius 2 is 1.78 bits per heavy atom. The van der Waals surface area contributed by atoms with Crippen LogP contribution in [0.1, 0.15) is 45.2 Å². The van der Waals surface area contributed by atoms with Crippen molar-refractivity contribution in [2.24, 2.45) is 0 Å². The van der Waals surface area contributed by atoms with Gasteiger partial charge >= 0.3 is 0 Å². The molecule has 6 nitrogen and oxygen atoms in total. The smallest absolute Gasteiger partial charge is 0.242 e. The van der Waals surface area contributed by atoms with E-state index in [0.717, 1.165) is 21.3 Å². The SMILES string of the molecule is C[C@H](C(=O)NC(C)(C)C)N(Cc1cccc(Br)c1)C(=O)CCc1ccc2c(c1)OCCO2. The van der Waals surface area contributed by atoms with Gasteiger partial charge in [-0.1, -0.05) is 34.1 Å². The fraction of sp³-hybridized carbons (Fsp3) is 0.440. The maximum absolute atomic E-state index is 13.3. The summed E-state index contributed by atoms with van der Waals surface area (Å²) < 4.78 is 12.1. The van der Waals surface area contributed by atoms with Crippen molar-refractivity contribution in [1.29, 1.82) is 0 Å². The molecular weight excluding hydrogens is 472 g/mol. The molecule has 0 aliphatic carbocycles. The molecule has 2 amide bonds. The average Bonchev–Trinajstić information content (AvgIpc) is 2.74. The van der Waals surface area contributed by atoms with Gasteiger partial charge in [0.25, 0.3) is 0 Å². The molecule has 2 aromatic carbocycles. The maximum atomic E-state index is 13.3. The molecule has 2 aromatic rings. The Hall–Kier alpha value is -2.54. The summed E-state index contributed by atoms with van der Waals surface area (Å²) in [4.78, 5) is 27.8. The van der Waals surface area contributed by atoms with Crippen LogP contribution < -0.4 is 14.8 Å². The van der Waals surface area contributed by atoms with Crippen molar-refractivity contribution in [3.8, 4) is 11.5 Å². The first-order valence-electron chi connectivity index (χ1n) is 10.9. The third-order valence-electron chi connectivity index (χ3n) is 5.14. The lowest BCUT2D eigenvalue weighted by Gasteiger charge is -2.31. The lowest BCUT2D eigenvalue weighted by atomic mass is 10.1. The largest absolute Gasteiger partial charge is 0.486 e. The molecule has 32 heavy (non-hydrogen) atoms. The zero-order valence-corrected chi connectivity index (χ0v) is 20.7. The quantitative estimate of drug-likeness (QED) is 0.605. The van der Waals surface area contributed by atoms with E-state index in [1.165, 1.54) is 0 Å². The summed E-state index contributed by atoms with van der Waals surface area (Å²) in [6.07, 6.45) is 0.846. The first-order chi connectivity index (χ1) is 15.1. The summed E-state index contributed by atoms with van der Waals surface area (Å²) in [6, 6.07) is 13.0. The third-order valence-corrected chi connectivity index (χ3v) is 5.63. The van der Waals surface area contributed by atoms with Crippen LogP contribution in [0.5, 0.6) is 11.5 Å². The topological polar surface area (TPSA) is 67.9 Å². The standard InChI is InChI=1S/C25H31BrN2O4/c1-17(24(30)27-25(2,3)4)28(16-19-6-5-7-20(26)14-19)23(29)11-9-18-8-10-21-22(15-18)32-13-12-31-21/h5-8,10,14-15,17H,9,11-13,16H2,1-4H3,(H,27,30)/t17-/m1/s1. The predicted molar refractivity (Wildman–Crippen MR) is 128 cm³/mol. The number of aryl methyl sites for hydroxylation is 1. The number of ether oxygens (including phenoxy) is 2. The fourth-order valence-corrected chi connectivity index (χ4v) is 3.97. The van der Waals surface area contributed by atoms with Gasteiger partial charge in [0.2, 0.25) is 11.8 Å². The molecule has 172 valence electrons. The second kappa shape index (κ2) is 10.4. The highest BCUT2D eigenvalue weighted by molar-refractivity contribution is 9.10. The summed E-state index contributed by atoms with van der Waals surface area (Å²) in [5.41, 5.74) is 1.58. The van der Waals surface area contributed by atoms with E-state index in [1.807, 2.05) is 63.2 Å². The molecule has 1 aliphatic rings. The Morgan fingerprint density at radius 1 is 1.06 bits per heavy atom. The zero-order valence-electron chi connectivity index (χ0n) is 19.1. The molecule has 0 saturated heterocycles. The van der Waals surface area contributed by atoms with Crippen LogP contribution in [-0.4, -0.2) is 41.5 Å². The van der Waals surface area contributed by atoms with Gasteiger partial charge in [-0.3, -0.25) is 9.59 Å². The van der Waals surface area contributed by atoms with Gasteiger partial charge in [0.05, 0.1) is 0 Å². The molecule has 0 bridgehead atoms. The van der Waals surface area contributed by atoms with E-state index in [4.69, 9.17) is 9.47 Å². The number of halogens is 1. The zero-order chi connectivity index (χ0) is 23.3. The van der Waals surface area contributed by atoms with Gasteiger partial charge in [-0.15, -0.1) is 0 Å². The van der Waals surface area contributed by atoms with Crippen LogP contribution in [0.25, 0.3) is 0 Å². The molecule has 3 rings (SSSR count). The lowest BCUT2D eigenvalue weighted by molar-refractivity contribution is -0.141. The van der Waals surface area contributed by atoms with Crippen molar-refractivity contribution in [3.63, 3.8) is 0 Å². The minimum atomic E-state index is -0.596. The number of fused-ring (bicyclic) bond motifs is 1. The highest BCUT2D eigenvalue weighted by Gasteiger charge is 2.28.